The Bertz CT molecular complexity index is 538. The van der Waals surface area contributed by atoms with Crippen molar-refractivity contribution in [1.82, 2.24) is 0 Å². The van der Waals surface area contributed by atoms with E-state index in [4.69, 9.17) is 14.1 Å². The fourth-order valence-corrected chi connectivity index (χ4v) is 2.77. The van der Waals surface area contributed by atoms with E-state index in [-0.39, 0.29) is 23.2 Å². The largest absolute Gasteiger partial charge is 0.491 e. The molecule has 1 aromatic rings. The Morgan fingerprint density at radius 3 is 2.26 bits per heavy atom. The first-order valence-electron chi connectivity index (χ1n) is 7.96. The number of halogens is 2. The molecular weight excluding hydrogens is 301 g/mol. The van der Waals surface area contributed by atoms with E-state index in [1.165, 1.54) is 19.2 Å². The van der Waals surface area contributed by atoms with Gasteiger partial charge in [0, 0.05) is 24.7 Å². The third-order valence-electron chi connectivity index (χ3n) is 5.03. The van der Waals surface area contributed by atoms with Gasteiger partial charge in [-0.05, 0) is 32.0 Å². The zero-order chi connectivity index (χ0) is 17.3. The SMILES string of the molecule is COCCOc1cc(F)c(B2CCC(C)(C)C(C)(C)O2)c(F)c1. The van der Waals surface area contributed by atoms with Crippen LogP contribution in [0.2, 0.25) is 6.32 Å². The Morgan fingerprint density at radius 2 is 1.74 bits per heavy atom. The summed E-state index contributed by atoms with van der Waals surface area (Å²) in [5.74, 6) is -1.09. The minimum absolute atomic E-state index is 0.00679. The maximum absolute atomic E-state index is 14.4. The molecule has 0 spiro atoms. The van der Waals surface area contributed by atoms with Crippen LogP contribution >= 0.6 is 0 Å². The van der Waals surface area contributed by atoms with Crippen LogP contribution in [0.3, 0.4) is 0 Å². The standard InChI is InChI=1S/C17H25BF2O3/c1-16(2)6-7-18(23-17(16,3)4)15-13(19)10-12(11-14(15)20)22-9-8-21-5/h10-11H,6-9H2,1-5H3. The highest BCUT2D eigenvalue weighted by atomic mass is 19.1. The van der Waals surface area contributed by atoms with Gasteiger partial charge in [0.1, 0.15) is 24.0 Å². The van der Waals surface area contributed by atoms with Gasteiger partial charge in [-0.25, -0.2) is 8.78 Å². The van der Waals surface area contributed by atoms with Crippen molar-refractivity contribution < 1.29 is 22.9 Å². The van der Waals surface area contributed by atoms with Crippen LogP contribution in [0, 0.1) is 17.0 Å². The summed E-state index contributed by atoms with van der Waals surface area (Å²) in [6.07, 6.45) is 1.43. The normalized spacial score (nSPS) is 19.7. The smallest absolute Gasteiger partial charge is 0.333 e. The minimum Gasteiger partial charge on any atom is -0.491 e. The van der Waals surface area contributed by atoms with Crippen molar-refractivity contribution in [2.24, 2.45) is 5.41 Å². The minimum atomic E-state index is -0.627. The van der Waals surface area contributed by atoms with E-state index < -0.39 is 24.2 Å². The van der Waals surface area contributed by atoms with E-state index in [9.17, 15) is 8.78 Å². The first kappa shape index (κ1) is 18.2. The molecule has 1 aromatic carbocycles. The summed E-state index contributed by atoms with van der Waals surface area (Å²) in [7, 11) is 1.54. The lowest BCUT2D eigenvalue weighted by molar-refractivity contribution is -0.0313. The van der Waals surface area contributed by atoms with Gasteiger partial charge < -0.3 is 14.1 Å². The van der Waals surface area contributed by atoms with Crippen molar-refractivity contribution in [3.8, 4) is 5.75 Å². The van der Waals surface area contributed by atoms with Gasteiger partial charge >= 0.3 is 6.92 Å². The van der Waals surface area contributed by atoms with Crippen molar-refractivity contribution in [1.29, 1.82) is 0 Å². The van der Waals surface area contributed by atoms with E-state index in [0.29, 0.717) is 12.9 Å². The van der Waals surface area contributed by atoms with Gasteiger partial charge in [-0.2, -0.15) is 0 Å². The van der Waals surface area contributed by atoms with E-state index >= 15 is 0 Å². The van der Waals surface area contributed by atoms with Crippen LogP contribution in [-0.2, 0) is 9.39 Å². The van der Waals surface area contributed by atoms with Crippen LogP contribution in [0.25, 0.3) is 0 Å². The molecule has 0 amide bonds. The molecule has 6 heteroatoms. The number of rotatable bonds is 5. The van der Waals surface area contributed by atoms with E-state index in [1.54, 1.807) is 0 Å². The Kier molecular flexibility index (Phi) is 5.36. The van der Waals surface area contributed by atoms with Crippen LogP contribution in [0.1, 0.15) is 34.1 Å². The predicted octanol–water partition coefficient (Wildman–Crippen LogP) is 3.41. The second-order valence-corrected chi connectivity index (χ2v) is 7.18. The molecule has 2 rings (SSSR count). The highest BCUT2D eigenvalue weighted by Crippen LogP contribution is 2.43. The molecule has 0 bridgehead atoms. The molecule has 1 aliphatic rings. The Hall–Kier alpha value is -1.14. The molecule has 1 heterocycles. The topological polar surface area (TPSA) is 27.7 Å². The van der Waals surface area contributed by atoms with Crippen molar-refractivity contribution in [3.63, 3.8) is 0 Å². The first-order valence-corrected chi connectivity index (χ1v) is 7.96. The molecule has 0 N–H and O–H groups in total. The molecule has 0 unspecified atom stereocenters. The zero-order valence-electron chi connectivity index (χ0n) is 14.5. The first-order chi connectivity index (χ1) is 10.7. The summed E-state index contributed by atoms with van der Waals surface area (Å²) in [6, 6.07) is 2.42. The van der Waals surface area contributed by atoms with Crippen molar-refractivity contribution >= 4 is 12.4 Å². The molecule has 0 atom stereocenters. The van der Waals surface area contributed by atoms with Crippen LogP contribution in [-0.4, -0.2) is 32.8 Å². The summed E-state index contributed by atoms with van der Waals surface area (Å²) >= 11 is 0. The number of ether oxygens (including phenoxy) is 2. The fourth-order valence-electron chi connectivity index (χ4n) is 2.77. The molecule has 0 saturated carbocycles. The number of hydrogen-bond acceptors (Lipinski definition) is 3. The van der Waals surface area contributed by atoms with Crippen LogP contribution in [0.5, 0.6) is 5.75 Å². The van der Waals surface area contributed by atoms with Crippen molar-refractivity contribution in [3.05, 3.63) is 23.8 Å². The van der Waals surface area contributed by atoms with Crippen LogP contribution in [0.4, 0.5) is 8.78 Å². The Morgan fingerprint density at radius 1 is 1.13 bits per heavy atom. The maximum atomic E-state index is 14.4. The molecule has 1 aliphatic heterocycles. The summed E-state index contributed by atoms with van der Waals surface area (Å²) in [6.45, 7) is 8.20. The highest BCUT2D eigenvalue weighted by Gasteiger charge is 2.46. The molecular formula is C17H25BF2O3. The number of methoxy groups -OCH3 is 1. The summed E-state index contributed by atoms with van der Waals surface area (Å²) in [5.41, 5.74) is -0.505. The van der Waals surface area contributed by atoms with E-state index in [2.05, 4.69) is 13.8 Å². The summed E-state index contributed by atoms with van der Waals surface area (Å²) < 4.78 is 45.0. The molecule has 1 fully saturated rings. The van der Waals surface area contributed by atoms with E-state index in [1.807, 2.05) is 13.8 Å². The predicted molar refractivity (Wildman–Crippen MR) is 87.5 cm³/mol. The maximum Gasteiger partial charge on any atom is 0.333 e. The molecule has 128 valence electrons. The summed E-state index contributed by atoms with van der Waals surface area (Å²) in [5, 5.41) is 0. The molecule has 0 radical (unpaired) electrons. The van der Waals surface area contributed by atoms with Gasteiger partial charge in [0.2, 0.25) is 0 Å². The molecule has 0 aliphatic carbocycles. The zero-order valence-corrected chi connectivity index (χ0v) is 14.5. The number of hydrogen-bond donors (Lipinski definition) is 0. The van der Waals surface area contributed by atoms with Crippen LogP contribution in [0.15, 0.2) is 12.1 Å². The highest BCUT2D eigenvalue weighted by molar-refractivity contribution is 6.67. The van der Waals surface area contributed by atoms with Gasteiger partial charge in [-0.3, -0.25) is 0 Å². The van der Waals surface area contributed by atoms with Gasteiger partial charge in [0.25, 0.3) is 0 Å². The van der Waals surface area contributed by atoms with Crippen molar-refractivity contribution in [2.75, 3.05) is 20.3 Å². The molecule has 3 nitrogen and oxygen atoms in total. The summed E-state index contributed by atoms with van der Waals surface area (Å²) in [4.78, 5) is 0. The van der Waals surface area contributed by atoms with Gasteiger partial charge in [0.05, 0.1) is 12.2 Å². The average molecular weight is 326 g/mol. The lowest BCUT2D eigenvalue weighted by atomic mass is 9.50. The fraction of sp³-hybridized carbons (Fsp3) is 0.647. The lowest BCUT2D eigenvalue weighted by Gasteiger charge is -2.48. The molecule has 1 saturated heterocycles. The van der Waals surface area contributed by atoms with Crippen LogP contribution < -0.4 is 10.2 Å². The molecule has 0 aromatic heterocycles. The Labute approximate surface area is 137 Å². The Balaban J connectivity index is 2.20. The van der Waals surface area contributed by atoms with E-state index in [0.717, 1.165) is 6.42 Å². The number of benzene rings is 1. The second-order valence-electron chi connectivity index (χ2n) is 7.18. The second kappa shape index (κ2) is 6.77. The molecule has 23 heavy (non-hydrogen) atoms. The van der Waals surface area contributed by atoms with Gasteiger partial charge in [0.15, 0.2) is 0 Å². The monoisotopic (exact) mass is 326 g/mol. The lowest BCUT2D eigenvalue weighted by Crippen LogP contribution is -2.55. The van der Waals surface area contributed by atoms with Gasteiger partial charge in [-0.1, -0.05) is 13.8 Å². The van der Waals surface area contributed by atoms with Crippen molar-refractivity contribution in [2.45, 2.75) is 46.0 Å². The quantitative estimate of drug-likeness (QED) is 0.613. The average Bonchev–Trinajstić information content (AvgIpc) is 2.42. The van der Waals surface area contributed by atoms with Gasteiger partial charge in [-0.15, -0.1) is 0 Å². The third-order valence-corrected chi connectivity index (χ3v) is 5.03. The third kappa shape index (κ3) is 3.86.